The molecule has 8 atom stereocenters. The Balaban J connectivity index is 2.63. The summed E-state index contributed by atoms with van der Waals surface area (Å²) in [7, 11) is -9.82. The van der Waals surface area contributed by atoms with Crippen molar-refractivity contribution in [3.05, 3.63) is 85.1 Å². The van der Waals surface area contributed by atoms with E-state index in [0.717, 1.165) is 44.9 Å². The van der Waals surface area contributed by atoms with E-state index in [1.165, 1.54) is 19.3 Å². The molecular formula is C48H80O17P2. The van der Waals surface area contributed by atoms with Gasteiger partial charge in [0.05, 0.1) is 38.1 Å². The van der Waals surface area contributed by atoms with E-state index in [9.17, 15) is 44.0 Å². The molecule has 0 amide bonds. The summed E-state index contributed by atoms with van der Waals surface area (Å²) in [5.74, 6) is -1.71. The monoisotopic (exact) mass is 990 g/mol. The number of phosphoric ester groups is 2. The van der Waals surface area contributed by atoms with Crippen LogP contribution < -0.4 is 0 Å². The van der Waals surface area contributed by atoms with Crippen molar-refractivity contribution in [3.63, 3.8) is 0 Å². The van der Waals surface area contributed by atoms with Crippen molar-refractivity contribution in [1.29, 1.82) is 0 Å². The normalized spacial score (nSPS) is 20.9. The summed E-state index contributed by atoms with van der Waals surface area (Å²) in [6.07, 6.45) is 34.8. The Hall–Kier alpha value is -2.86. The van der Waals surface area contributed by atoms with Crippen molar-refractivity contribution in [2.45, 2.75) is 173 Å². The maximum Gasteiger partial charge on any atom is 0.472 e. The van der Waals surface area contributed by atoms with Crippen LogP contribution in [0, 0.1) is 5.92 Å². The van der Waals surface area contributed by atoms with Crippen molar-refractivity contribution in [2.75, 3.05) is 26.4 Å². The molecule has 19 heteroatoms. The number of ether oxygens (including phenoxy) is 3. The Labute approximate surface area is 398 Å². The van der Waals surface area contributed by atoms with Crippen LogP contribution in [0.2, 0.25) is 0 Å². The highest BCUT2D eigenvalue weighted by molar-refractivity contribution is 7.47. The number of esters is 2. The summed E-state index contributed by atoms with van der Waals surface area (Å²) in [4.78, 5) is 53.0. The molecule has 1 saturated heterocycles. The predicted molar refractivity (Wildman–Crippen MR) is 256 cm³/mol. The smallest absolute Gasteiger partial charge is 0.462 e. The van der Waals surface area contributed by atoms with Gasteiger partial charge in [0.15, 0.2) is 12.4 Å². The van der Waals surface area contributed by atoms with Crippen LogP contribution in [-0.4, -0.2) is 110 Å². The van der Waals surface area contributed by atoms with Gasteiger partial charge in [-0.25, -0.2) is 9.13 Å². The molecule has 1 aliphatic rings. The van der Waals surface area contributed by atoms with Crippen LogP contribution in [0.5, 0.6) is 0 Å². The van der Waals surface area contributed by atoms with Gasteiger partial charge in [0.1, 0.15) is 12.7 Å². The molecular weight excluding hydrogens is 910 g/mol. The summed E-state index contributed by atoms with van der Waals surface area (Å²) in [5.41, 5.74) is 0. The topological polar surface area (TPSA) is 265 Å². The molecule has 0 saturated carbocycles. The van der Waals surface area contributed by atoms with Gasteiger partial charge < -0.3 is 49.3 Å². The highest BCUT2D eigenvalue weighted by atomic mass is 31.2. The maximum absolute atomic E-state index is 12.8. The largest absolute Gasteiger partial charge is 0.472 e. The summed E-state index contributed by atoms with van der Waals surface area (Å²) < 4.78 is 53.4. The van der Waals surface area contributed by atoms with Crippen LogP contribution in [0.1, 0.15) is 136 Å². The van der Waals surface area contributed by atoms with E-state index >= 15 is 0 Å². The lowest BCUT2D eigenvalue weighted by Gasteiger charge is -2.36. The lowest BCUT2D eigenvalue weighted by Crippen LogP contribution is -2.43. The molecule has 0 spiro atoms. The van der Waals surface area contributed by atoms with Gasteiger partial charge in [0.25, 0.3) is 0 Å². The first kappa shape index (κ1) is 62.2. The van der Waals surface area contributed by atoms with Gasteiger partial charge in [-0.2, -0.15) is 0 Å². The number of aliphatic hydroxyl groups is 4. The number of aliphatic hydroxyl groups excluding tert-OH is 4. The third-order valence-electron chi connectivity index (χ3n) is 10.1. The van der Waals surface area contributed by atoms with Crippen LogP contribution in [0.3, 0.4) is 0 Å². The van der Waals surface area contributed by atoms with Gasteiger partial charge in [0, 0.05) is 25.2 Å². The van der Waals surface area contributed by atoms with Crippen molar-refractivity contribution in [1.82, 2.24) is 0 Å². The molecule has 1 fully saturated rings. The molecule has 67 heavy (non-hydrogen) atoms. The van der Waals surface area contributed by atoms with Gasteiger partial charge in [-0.05, 0) is 70.6 Å². The minimum Gasteiger partial charge on any atom is -0.462 e. The molecule has 1 aliphatic heterocycles. The zero-order valence-corrected chi connectivity index (χ0v) is 41.3. The molecule has 0 bridgehead atoms. The second-order valence-electron chi connectivity index (χ2n) is 16.2. The Morgan fingerprint density at radius 1 is 0.657 bits per heavy atom. The third-order valence-corrected chi connectivity index (χ3v) is 11.5. The molecule has 17 nitrogen and oxygen atoms in total. The quantitative estimate of drug-likeness (QED) is 0.0132. The van der Waals surface area contributed by atoms with E-state index in [0.29, 0.717) is 38.5 Å². The lowest BCUT2D eigenvalue weighted by atomic mass is 9.87. The molecule has 7 N–H and O–H groups in total. The highest BCUT2D eigenvalue weighted by Gasteiger charge is 2.35. The Bertz CT molecular complexity index is 1620. The minimum absolute atomic E-state index is 0.0117. The average molecular weight is 991 g/mol. The lowest BCUT2D eigenvalue weighted by molar-refractivity contribution is -0.199. The third kappa shape index (κ3) is 36.7. The summed E-state index contributed by atoms with van der Waals surface area (Å²) in [6, 6.07) is 0. The van der Waals surface area contributed by atoms with Gasteiger partial charge in [-0.15, -0.1) is 0 Å². The van der Waals surface area contributed by atoms with E-state index in [4.69, 9.17) is 28.5 Å². The summed E-state index contributed by atoms with van der Waals surface area (Å²) in [5, 5.41) is 40.8. The van der Waals surface area contributed by atoms with Crippen LogP contribution in [0.4, 0.5) is 0 Å². The number of carbonyl (C=O) groups is 2. The molecule has 0 aromatic heterocycles. The zero-order valence-electron chi connectivity index (χ0n) is 39.5. The number of carbonyl (C=O) groups excluding carboxylic acids is 2. The fourth-order valence-corrected chi connectivity index (χ4v) is 7.52. The average Bonchev–Trinajstić information content (AvgIpc) is 3.27. The van der Waals surface area contributed by atoms with E-state index in [1.54, 1.807) is 12.2 Å². The maximum atomic E-state index is 12.8. The molecule has 2 unspecified atom stereocenters. The molecule has 1 rings (SSSR count). The summed E-state index contributed by atoms with van der Waals surface area (Å²) in [6.45, 7) is 1.22. The Morgan fingerprint density at radius 3 is 1.84 bits per heavy atom. The van der Waals surface area contributed by atoms with Crippen LogP contribution >= 0.6 is 15.6 Å². The van der Waals surface area contributed by atoms with E-state index < -0.39 is 90.8 Å². The van der Waals surface area contributed by atoms with E-state index in [2.05, 4.69) is 65.4 Å². The second-order valence-corrected chi connectivity index (χ2v) is 18.9. The molecule has 0 aliphatic carbocycles. The minimum atomic E-state index is -4.91. The van der Waals surface area contributed by atoms with Gasteiger partial charge in [-0.3, -0.25) is 23.2 Å². The molecule has 1 heterocycles. The fourth-order valence-electron chi connectivity index (χ4n) is 6.37. The van der Waals surface area contributed by atoms with E-state index in [1.807, 2.05) is 30.4 Å². The molecule has 0 radical (unpaired) electrons. The standard InChI is InChI=1S/C48H80O17P2/c1-3-5-7-8-9-10-11-12-13-14-15-16-17-18-19-20-21-22-27-31-46(52)60-38-42(39-63-67(58,59)62-37-41(50)36-61-66(55,56)57)64-47(53)32-28-24-23-26-30-43-44(51)35-48(54)65-45(43)34-33-40(49)29-25-6-4-2/h9-10,12-13,15-16,18-19,21-23,26,33-34,40-45,48-51,54H,3-8,11,14,17,20,24-25,27-32,35-39H2,1-2H3,(H,58,59)(H2,55,56,57)/b10-9-,13-12-,16-15-,19-18-,22-21-,26-23-,34-33+/t40-,41-,42+,43-,44-,45+,48?/m0/s1. The SMILES string of the molecule is CCCCC/C=C\C/C=C\C/C=C\C/C=C\C/C=C\CCC(=O)OC[C@H](COP(=O)(O)OC[C@@H](O)COP(=O)(O)O)OC(=O)CCC/C=C\C[C@H]1[C@@H](O)CC(O)O[C@@H]1/C=C/[C@@H](O)CCCCC. The van der Waals surface area contributed by atoms with Crippen molar-refractivity contribution in [3.8, 4) is 0 Å². The predicted octanol–water partition coefficient (Wildman–Crippen LogP) is 8.45. The number of unbranched alkanes of at least 4 members (excludes halogenated alkanes) is 6. The fraction of sp³-hybridized carbons (Fsp3) is 0.667. The highest BCUT2D eigenvalue weighted by Crippen LogP contribution is 2.44. The molecule has 384 valence electrons. The van der Waals surface area contributed by atoms with Gasteiger partial charge >= 0.3 is 27.6 Å². The molecule has 0 aromatic rings. The Morgan fingerprint density at radius 2 is 1.21 bits per heavy atom. The number of allylic oxidation sites excluding steroid dienone is 12. The summed E-state index contributed by atoms with van der Waals surface area (Å²) >= 11 is 0. The van der Waals surface area contributed by atoms with E-state index in [-0.39, 0.29) is 25.2 Å². The zero-order chi connectivity index (χ0) is 49.6. The number of phosphoric acid groups is 2. The number of hydrogen-bond donors (Lipinski definition) is 7. The first-order valence-corrected chi connectivity index (χ1v) is 26.7. The van der Waals surface area contributed by atoms with Crippen LogP contribution in [0.15, 0.2) is 85.1 Å². The number of hydrogen-bond acceptors (Lipinski definition) is 14. The Kier molecular flexibility index (Phi) is 36.1. The first-order valence-electron chi connectivity index (χ1n) is 23.7. The van der Waals surface area contributed by atoms with Crippen LogP contribution in [-0.2, 0) is 46.5 Å². The van der Waals surface area contributed by atoms with Gasteiger partial charge in [-0.1, -0.05) is 131 Å². The molecule has 0 aromatic carbocycles. The van der Waals surface area contributed by atoms with Crippen molar-refractivity contribution >= 4 is 27.6 Å². The first-order chi connectivity index (χ1) is 32.0. The van der Waals surface area contributed by atoms with Crippen LogP contribution in [0.25, 0.3) is 0 Å². The number of rotatable bonds is 39. The van der Waals surface area contributed by atoms with Crippen molar-refractivity contribution in [2.24, 2.45) is 5.92 Å². The second kappa shape index (κ2) is 38.9. The van der Waals surface area contributed by atoms with Crippen molar-refractivity contribution < 1.29 is 81.6 Å². The van der Waals surface area contributed by atoms with Gasteiger partial charge in [0.2, 0.25) is 0 Å².